The summed E-state index contributed by atoms with van der Waals surface area (Å²) in [5, 5.41) is 21.1. The van der Waals surface area contributed by atoms with Gasteiger partial charge in [-0.25, -0.2) is 9.59 Å². The van der Waals surface area contributed by atoms with Crippen molar-refractivity contribution < 1.29 is 19.8 Å². The second kappa shape index (κ2) is 6.13. The SMILES string of the molecule is Cc1cccc(NC(=O)N(C)CC2CC(O)C2)c1C(=O)O. The number of aryl methyl sites for hydroxylation is 1. The van der Waals surface area contributed by atoms with Gasteiger partial charge in [0.25, 0.3) is 0 Å². The fraction of sp³-hybridized carbons (Fsp3) is 0.467. The van der Waals surface area contributed by atoms with Crippen molar-refractivity contribution in [2.75, 3.05) is 18.9 Å². The van der Waals surface area contributed by atoms with Crippen molar-refractivity contribution in [2.45, 2.75) is 25.9 Å². The van der Waals surface area contributed by atoms with Gasteiger partial charge in [-0.15, -0.1) is 0 Å². The first kappa shape index (κ1) is 15.3. The molecule has 21 heavy (non-hydrogen) atoms. The van der Waals surface area contributed by atoms with Crippen molar-refractivity contribution in [3.63, 3.8) is 0 Å². The van der Waals surface area contributed by atoms with E-state index in [1.165, 1.54) is 4.90 Å². The van der Waals surface area contributed by atoms with Gasteiger partial charge in [0.2, 0.25) is 0 Å². The molecule has 6 heteroatoms. The summed E-state index contributed by atoms with van der Waals surface area (Å²) in [5.41, 5.74) is 1.01. The number of anilines is 1. The molecule has 2 rings (SSSR count). The van der Waals surface area contributed by atoms with Crippen molar-refractivity contribution >= 4 is 17.7 Å². The lowest BCUT2D eigenvalue weighted by molar-refractivity contribution is 0.0332. The molecule has 1 aromatic rings. The minimum absolute atomic E-state index is 0.110. The first-order chi connectivity index (χ1) is 9.88. The van der Waals surface area contributed by atoms with Crippen LogP contribution in [0.5, 0.6) is 0 Å². The number of aliphatic hydroxyl groups is 1. The van der Waals surface area contributed by atoms with Gasteiger partial charge in [0.15, 0.2) is 0 Å². The van der Waals surface area contributed by atoms with E-state index < -0.39 is 5.97 Å². The molecule has 2 amide bonds. The van der Waals surface area contributed by atoms with E-state index in [2.05, 4.69) is 5.32 Å². The zero-order valence-corrected chi connectivity index (χ0v) is 12.2. The van der Waals surface area contributed by atoms with Crippen LogP contribution in [0.1, 0.15) is 28.8 Å². The van der Waals surface area contributed by atoms with Crippen LogP contribution in [0.2, 0.25) is 0 Å². The lowest BCUT2D eigenvalue weighted by Crippen LogP contribution is -2.41. The molecule has 0 unspecified atom stereocenters. The van der Waals surface area contributed by atoms with Crippen LogP contribution >= 0.6 is 0 Å². The Morgan fingerprint density at radius 2 is 2.05 bits per heavy atom. The van der Waals surface area contributed by atoms with Crippen molar-refractivity contribution in [1.82, 2.24) is 4.90 Å². The summed E-state index contributed by atoms with van der Waals surface area (Å²) in [6.45, 7) is 2.25. The molecule has 1 fully saturated rings. The number of carbonyl (C=O) groups excluding carboxylic acids is 1. The van der Waals surface area contributed by atoms with E-state index in [0.717, 1.165) is 0 Å². The largest absolute Gasteiger partial charge is 0.478 e. The van der Waals surface area contributed by atoms with E-state index in [-0.39, 0.29) is 17.7 Å². The number of hydrogen-bond acceptors (Lipinski definition) is 3. The zero-order valence-electron chi connectivity index (χ0n) is 12.2. The number of nitrogens with zero attached hydrogens (tertiary/aromatic N) is 1. The minimum atomic E-state index is -1.06. The molecule has 0 radical (unpaired) electrons. The fourth-order valence-corrected chi connectivity index (χ4v) is 2.59. The number of hydrogen-bond donors (Lipinski definition) is 3. The molecule has 0 aromatic heterocycles. The molecule has 114 valence electrons. The Balaban J connectivity index is 2.02. The molecule has 0 saturated heterocycles. The van der Waals surface area contributed by atoms with Crippen LogP contribution in [0.3, 0.4) is 0 Å². The number of carboxylic acids is 1. The summed E-state index contributed by atoms with van der Waals surface area (Å²) < 4.78 is 0. The molecule has 1 aromatic carbocycles. The van der Waals surface area contributed by atoms with E-state index in [4.69, 9.17) is 0 Å². The van der Waals surface area contributed by atoms with E-state index in [0.29, 0.717) is 36.6 Å². The van der Waals surface area contributed by atoms with E-state index in [9.17, 15) is 19.8 Å². The molecule has 3 N–H and O–H groups in total. The Morgan fingerprint density at radius 1 is 1.38 bits per heavy atom. The third-order valence-electron chi connectivity index (χ3n) is 3.82. The number of aliphatic hydroxyl groups excluding tert-OH is 1. The van der Waals surface area contributed by atoms with Crippen LogP contribution < -0.4 is 5.32 Å². The highest BCUT2D eigenvalue weighted by Gasteiger charge is 2.29. The summed E-state index contributed by atoms with van der Waals surface area (Å²) >= 11 is 0. The molecular weight excluding hydrogens is 272 g/mol. The van der Waals surface area contributed by atoms with Crippen LogP contribution in [-0.4, -0.2) is 46.8 Å². The van der Waals surface area contributed by atoms with Crippen molar-refractivity contribution in [3.05, 3.63) is 29.3 Å². The molecule has 1 aliphatic carbocycles. The normalized spacial score (nSPS) is 20.5. The highest BCUT2D eigenvalue weighted by molar-refractivity contribution is 6.01. The number of benzene rings is 1. The topological polar surface area (TPSA) is 89.9 Å². The van der Waals surface area contributed by atoms with Crippen LogP contribution in [0.4, 0.5) is 10.5 Å². The molecule has 0 aliphatic heterocycles. The summed E-state index contributed by atoms with van der Waals surface area (Å²) in [4.78, 5) is 24.9. The number of carboxylic acid groups (broad SMARTS) is 1. The predicted octanol–water partition coefficient (Wildman–Crippen LogP) is 1.93. The van der Waals surface area contributed by atoms with Crippen molar-refractivity contribution in [2.24, 2.45) is 5.92 Å². The lowest BCUT2D eigenvalue weighted by atomic mass is 9.82. The Morgan fingerprint density at radius 3 is 2.62 bits per heavy atom. The lowest BCUT2D eigenvalue weighted by Gasteiger charge is -2.34. The smallest absolute Gasteiger partial charge is 0.338 e. The van der Waals surface area contributed by atoms with Gasteiger partial charge in [0, 0.05) is 13.6 Å². The molecule has 0 atom stereocenters. The van der Waals surface area contributed by atoms with E-state index in [1.807, 2.05) is 0 Å². The molecule has 1 aliphatic rings. The van der Waals surface area contributed by atoms with Crippen molar-refractivity contribution in [3.8, 4) is 0 Å². The van der Waals surface area contributed by atoms with Gasteiger partial charge < -0.3 is 20.4 Å². The molecule has 6 nitrogen and oxygen atoms in total. The standard InChI is InChI=1S/C15H20N2O4/c1-9-4-3-5-12(13(9)14(19)20)16-15(21)17(2)8-10-6-11(18)7-10/h3-5,10-11,18H,6-8H2,1-2H3,(H,16,21)(H,19,20). The van der Waals surface area contributed by atoms with Crippen LogP contribution in [0.15, 0.2) is 18.2 Å². The third-order valence-corrected chi connectivity index (χ3v) is 3.82. The highest BCUT2D eigenvalue weighted by Crippen LogP contribution is 2.28. The number of aromatic carboxylic acids is 1. The first-order valence-corrected chi connectivity index (χ1v) is 6.91. The maximum absolute atomic E-state index is 12.1. The molecule has 0 bridgehead atoms. The third kappa shape index (κ3) is 3.52. The Bertz CT molecular complexity index is 553. The second-order valence-electron chi connectivity index (χ2n) is 5.60. The zero-order chi connectivity index (χ0) is 15.6. The van der Waals surface area contributed by atoms with Gasteiger partial charge in [0.05, 0.1) is 17.4 Å². The summed E-state index contributed by atoms with van der Waals surface area (Å²) in [7, 11) is 1.66. The maximum Gasteiger partial charge on any atom is 0.338 e. The van der Waals surface area contributed by atoms with E-state index >= 15 is 0 Å². The number of carbonyl (C=O) groups is 2. The number of nitrogens with one attached hydrogen (secondary N) is 1. The highest BCUT2D eigenvalue weighted by atomic mass is 16.4. The molecule has 1 saturated carbocycles. The maximum atomic E-state index is 12.1. The summed E-state index contributed by atoms with van der Waals surface area (Å²) in [5.74, 6) is -0.750. The van der Waals surface area contributed by atoms with Gasteiger partial charge in [-0.2, -0.15) is 0 Å². The quantitative estimate of drug-likeness (QED) is 0.791. The molecular formula is C15H20N2O4. The van der Waals surface area contributed by atoms with Crippen LogP contribution in [0.25, 0.3) is 0 Å². The molecule has 0 heterocycles. The fourth-order valence-electron chi connectivity index (χ4n) is 2.59. The monoisotopic (exact) mass is 292 g/mol. The molecule has 0 spiro atoms. The Labute approximate surface area is 123 Å². The summed E-state index contributed by atoms with van der Waals surface area (Å²) in [6.07, 6.45) is 1.17. The first-order valence-electron chi connectivity index (χ1n) is 6.91. The number of rotatable bonds is 4. The second-order valence-corrected chi connectivity index (χ2v) is 5.60. The van der Waals surface area contributed by atoms with Gasteiger partial charge in [0.1, 0.15) is 0 Å². The Hall–Kier alpha value is -2.08. The number of urea groups is 1. The van der Waals surface area contributed by atoms with Gasteiger partial charge >= 0.3 is 12.0 Å². The Kier molecular flexibility index (Phi) is 4.47. The van der Waals surface area contributed by atoms with E-state index in [1.54, 1.807) is 32.2 Å². The number of amides is 2. The van der Waals surface area contributed by atoms with Gasteiger partial charge in [-0.1, -0.05) is 12.1 Å². The summed E-state index contributed by atoms with van der Waals surface area (Å²) in [6, 6.07) is 4.64. The average molecular weight is 292 g/mol. The van der Waals surface area contributed by atoms with Crippen LogP contribution in [-0.2, 0) is 0 Å². The average Bonchev–Trinajstić information content (AvgIpc) is 2.36. The van der Waals surface area contributed by atoms with Crippen LogP contribution in [0, 0.1) is 12.8 Å². The predicted molar refractivity (Wildman–Crippen MR) is 78.5 cm³/mol. The minimum Gasteiger partial charge on any atom is -0.478 e. The van der Waals surface area contributed by atoms with Gasteiger partial charge in [-0.3, -0.25) is 0 Å². The van der Waals surface area contributed by atoms with Gasteiger partial charge in [-0.05, 0) is 37.3 Å². The van der Waals surface area contributed by atoms with Crippen molar-refractivity contribution in [1.29, 1.82) is 0 Å².